The van der Waals surface area contributed by atoms with Crippen molar-refractivity contribution in [2.45, 2.75) is 0 Å². The number of aromatic nitrogens is 2. The van der Waals surface area contributed by atoms with E-state index in [1.807, 2.05) is 0 Å². The van der Waals surface area contributed by atoms with Crippen molar-refractivity contribution < 1.29 is 0 Å². The van der Waals surface area contributed by atoms with Gasteiger partial charge in [0.2, 0.25) is 0 Å². The van der Waals surface area contributed by atoms with Gasteiger partial charge in [-0.15, -0.1) is 0 Å². The van der Waals surface area contributed by atoms with Gasteiger partial charge in [-0.1, -0.05) is 176 Å². The van der Waals surface area contributed by atoms with Gasteiger partial charge in [0.15, 0.2) is 0 Å². The molecule has 0 N–H and O–H groups in total. The molecule has 14 aromatic rings. The molecule has 0 unspecified atom stereocenters. The van der Waals surface area contributed by atoms with Gasteiger partial charge in [0.1, 0.15) is 0 Å². The van der Waals surface area contributed by atoms with Gasteiger partial charge in [0, 0.05) is 48.8 Å². The Bertz CT molecular complexity index is 4030. The van der Waals surface area contributed by atoms with Crippen molar-refractivity contribution >= 4 is 103 Å². The number of para-hydroxylation sites is 2. The van der Waals surface area contributed by atoms with Gasteiger partial charge >= 0.3 is 0 Å². The summed E-state index contributed by atoms with van der Waals surface area (Å²) in [6, 6.07) is 76.6. The van der Waals surface area contributed by atoms with E-state index in [9.17, 15) is 0 Å². The maximum atomic E-state index is 2.55. The third-order valence-corrected chi connectivity index (χ3v) is 13.4. The molecule has 2 nitrogen and oxygen atoms in total. The number of nitrogens with zero attached hydrogens (tertiary/aromatic N) is 2. The number of fused-ring (bicyclic) bond motifs is 16. The summed E-state index contributed by atoms with van der Waals surface area (Å²) < 4.78 is 5.10. The summed E-state index contributed by atoms with van der Waals surface area (Å²) in [6.45, 7) is 0. The first-order valence-corrected chi connectivity index (χ1v) is 20.9. The topological polar surface area (TPSA) is 9.34 Å². The Hall–Kier alpha value is -7.94. The first kappa shape index (κ1) is 32.1. The average Bonchev–Trinajstić information content (AvgIpc) is 3.96. The molecule has 0 radical (unpaired) electrons. The highest BCUT2D eigenvalue weighted by Gasteiger charge is 2.26. The fourth-order valence-corrected chi connectivity index (χ4v) is 11.0. The summed E-state index contributed by atoms with van der Waals surface area (Å²) in [5, 5.41) is 17.9. The summed E-state index contributed by atoms with van der Waals surface area (Å²) in [7, 11) is 0. The molecule has 0 saturated carbocycles. The van der Waals surface area contributed by atoms with Crippen molar-refractivity contribution in [3.63, 3.8) is 0 Å². The fraction of sp³-hybridized carbons (Fsp3) is 0. The molecule has 0 spiro atoms. The molecule has 0 bridgehead atoms. The van der Waals surface area contributed by atoms with Crippen LogP contribution in [0.2, 0.25) is 0 Å². The Morgan fingerprint density at radius 1 is 0.267 bits per heavy atom. The van der Waals surface area contributed by atoms with Crippen molar-refractivity contribution in [2.75, 3.05) is 0 Å². The third-order valence-electron chi connectivity index (χ3n) is 13.4. The van der Waals surface area contributed by atoms with Crippen LogP contribution in [-0.2, 0) is 0 Å². The lowest BCUT2D eigenvalue weighted by molar-refractivity contribution is 1.19. The molecule has 0 aliphatic carbocycles. The smallest absolute Gasteiger partial charge is 0.0627 e. The zero-order valence-corrected chi connectivity index (χ0v) is 32.5. The number of rotatable bonds is 3. The molecule has 0 amide bonds. The molecular weight excluding hydrogens is 725 g/mol. The second-order valence-corrected chi connectivity index (χ2v) is 16.4. The molecule has 0 fully saturated rings. The van der Waals surface area contributed by atoms with Gasteiger partial charge in [-0.3, -0.25) is 0 Å². The van der Waals surface area contributed by atoms with Crippen LogP contribution in [0.3, 0.4) is 0 Å². The van der Waals surface area contributed by atoms with Gasteiger partial charge in [-0.25, -0.2) is 0 Å². The average molecular weight is 759 g/mol. The zero-order chi connectivity index (χ0) is 39.1. The maximum Gasteiger partial charge on any atom is 0.0627 e. The molecule has 0 aliphatic rings. The Morgan fingerprint density at radius 2 is 0.733 bits per heavy atom. The van der Waals surface area contributed by atoms with Crippen LogP contribution in [0.15, 0.2) is 206 Å². The van der Waals surface area contributed by atoms with E-state index < -0.39 is 0 Å². The van der Waals surface area contributed by atoms with E-state index in [1.54, 1.807) is 0 Å². The van der Waals surface area contributed by atoms with Crippen LogP contribution >= 0.6 is 0 Å². The van der Waals surface area contributed by atoms with Crippen LogP contribution in [0.5, 0.6) is 0 Å². The van der Waals surface area contributed by atoms with E-state index in [2.05, 4.69) is 215 Å². The predicted molar refractivity (Wildman–Crippen MR) is 256 cm³/mol. The highest BCUT2D eigenvalue weighted by molar-refractivity contribution is 6.40. The quantitative estimate of drug-likeness (QED) is 0.159. The summed E-state index contributed by atoms with van der Waals surface area (Å²) in [5.41, 5.74) is 12.5. The van der Waals surface area contributed by atoms with E-state index in [-0.39, 0.29) is 0 Å². The predicted octanol–water partition coefficient (Wildman–Crippen LogP) is 15.9. The Kier molecular flexibility index (Phi) is 6.32. The van der Waals surface area contributed by atoms with Crippen molar-refractivity contribution in [3.8, 4) is 27.9 Å². The molecule has 14 rings (SSSR count). The lowest BCUT2D eigenvalue weighted by Gasteiger charge is -2.18. The fourth-order valence-electron chi connectivity index (χ4n) is 11.0. The van der Waals surface area contributed by atoms with Crippen LogP contribution in [0.1, 0.15) is 0 Å². The lowest BCUT2D eigenvalue weighted by atomic mass is 9.86. The first-order valence-electron chi connectivity index (χ1n) is 20.9. The van der Waals surface area contributed by atoms with E-state index in [1.165, 1.54) is 125 Å². The molecule has 2 heteroatoms. The van der Waals surface area contributed by atoms with Gasteiger partial charge < -0.3 is 8.97 Å². The van der Waals surface area contributed by atoms with Crippen molar-refractivity contribution in [1.82, 2.24) is 8.97 Å². The van der Waals surface area contributed by atoms with Crippen molar-refractivity contribution in [3.05, 3.63) is 206 Å². The second-order valence-electron chi connectivity index (χ2n) is 16.4. The Balaban J connectivity index is 1.10. The minimum absolute atomic E-state index is 1.15. The highest BCUT2D eigenvalue weighted by Crippen LogP contribution is 2.50. The summed E-state index contributed by atoms with van der Waals surface area (Å²) in [5.74, 6) is 0. The van der Waals surface area contributed by atoms with Crippen molar-refractivity contribution in [1.29, 1.82) is 0 Å². The first-order chi connectivity index (χ1) is 29.8. The number of benzene rings is 11. The van der Waals surface area contributed by atoms with Crippen LogP contribution < -0.4 is 0 Å². The molecule has 0 aliphatic heterocycles. The number of hydrogen-bond donors (Lipinski definition) is 0. The van der Waals surface area contributed by atoms with Crippen LogP contribution in [0.25, 0.3) is 131 Å². The maximum absolute atomic E-state index is 2.55. The van der Waals surface area contributed by atoms with Gasteiger partial charge in [-0.2, -0.15) is 0 Å². The second kappa shape index (κ2) is 11.8. The Morgan fingerprint density at radius 3 is 1.40 bits per heavy atom. The third kappa shape index (κ3) is 4.12. The summed E-state index contributed by atoms with van der Waals surface area (Å²) >= 11 is 0. The van der Waals surface area contributed by atoms with Crippen LogP contribution in [0.4, 0.5) is 0 Å². The van der Waals surface area contributed by atoms with E-state index in [0.717, 1.165) is 5.69 Å². The van der Waals surface area contributed by atoms with E-state index in [4.69, 9.17) is 0 Å². The molecule has 3 heterocycles. The molecule has 0 atom stereocenters. The lowest BCUT2D eigenvalue weighted by Crippen LogP contribution is -1.96. The van der Waals surface area contributed by atoms with Crippen molar-refractivity contribution in [2.24, 2.45) is 0 Å². The molecule has 276 valence electrons. The minimum atomic E-state index is 1.15. The Labute approximate surface area is 344 Å². The standard InChI is InChI=1S/C58H34N2/c1-2-15-35(16-3-1)52-41-20-6-8-22-43(41)53(44-23-9-7-21-42(44)52)36-29-31-39(32-30-36)59-51-34-38-18-5-4-17-37(38)33-49(51)55-54-48-27-14-26-45-40-19-12-13-28-50(40)60(56(45)48)58(54)47-25-11-10-24-46(47)57(55)59/h1-34H. The summed E-state index contributed by atoms with van der Waals surface area (Å²) in [6.07, 6.45) is 0. The highest BCUT2D eigenvalue weighted by atomic mass is 15.0. The molecule has 60 heavy (non-hydrogen) atoms. The number of hydrogen-bond acceptors (Lipinski definition) is 0. The molecule has 3 aromatic heterocycles. The zero-order valence-electron chi connectivity index (χ0n) is 32.5. The SMILES string of the molecule is c1ccc(-c2c3ccccc3c(-c3ccc(-n4c5cc6ccccc6cc5c5c6c7cccc8c9ccccc9n(c87)c6c6ccccc6c54)cc3)c3ccccc23)cc1. The molecule has 0 saturated heterocycles. The summed E-state index contributed by atoms with van der Waals surface area (Å²) in [4.78, 5) is 0. The van der Waals surface area contributed by atoms with E-state index in [0.29, 0.717) is 0 Å². The van der Waals surface area contributed by atoms with E-state index >= 15 is 0 Å². The normalized spacial score (nSPS) is 12.3. The van der Waals surface area contributed by atoms with Gasteiger partial charge in [0.05, 0.1) is 27.6 Å². The monoisotopic (exact) mass is 758 g/mol. The van der Waals surface area contributed by atoms with Crippen LogP contribution in [0, 0.1) is 0 Å². The molecule has 11 aromatic carbocycles. The minimum Gasteiger partial charge on any atom is -0.309 e. The van der Waals surface area contributed by atoms with Gasteiger partial charge in [0.25, 0.3) is 0 Å². The molecular formula is C58H34N2. The van der Waals surface area contributed by atoms with Crippen LogP contribution in [-0.4, -0.2) is 8.97 Å². The largest absolute Gasteiger partial charge is 0.309 e. The van der Waals surface area contributed by atoms with Gasteiger partial charge in [-0.05, 0) is 84.9 Å².